The molecule has 2 aromatic rings. The van der Waals surface area contributed by atoms with Crippen LogP contribution in [0.1, 0.15) is 43.5 Å². The third kappa shape index (κ3) is 3.60. The number of rotatable bonds is 5. The van der Waals surface area contributed by atoms with Gasteiger partial charge >= 0.3 is 0 Å². The fourth-order valence-corrected chi connectivity index (χ4v) is 5.09. The number of hydrogen-bond acceptors (Lipinski definition) is 4. The third-order valence-corrected chi connectivity index (χ3v) is 6.99. The Morgan fingerprint density at radius 1 is 1.35 bits per heavy atom. The lowest BCUT2D eigenvalue weighted by molar-refractivity contribution is -0.897. The van der Waals surface area contributed by atoms with E-state index in [0.717, 1.165) is 44.3 Å². The summed E-state index contributed by atoms with van der Waals surface area (Å²) in [5.41, 5.74) is 0.410. The summed E-state index contributed by atoms with van der Waals surface area (Å²) < 4.78 is 1.26. The zero-order valence-electron chi connectivity index (χ0n) is 15.1. The summed E-state index contributed by atoms with van der Waals surface area (Å²) in [5.74, 6) is 0.848. The van der Waals surface area contributed by atoms with Crippen molar-refractivity contribution in [3.05, 3.63) is 29.3 Å². The Hall–Kier alpha value is -1.97. The number of para-hydroxylation sites is 1. The molecule has 1 saturated carbocycles. The molecule has 0 bridgehead atoms. The highest BCUT2D eigenvalue weighted by atomic mass is 32.1. The lowest BCUT2D eigenvalue weighted by Crippen LogP contribution is -3.14. The predicted molar refractivity (Wildman–Crippen MR) is 102 cm³/mol. The van der Waals surface area contributed by atoms with Crippen molar-refractivity contribution in [3.63, 3.8) is 0 Å². The number of carbonyl (C=O) groups excluding carboxylic acids is 1. The summed E-state index contributed by atoms with van der Waals surface area (Å²) in [6.07, 6.45) is 4.23. The van der Waals surface area contributed by atoms with Crippen LogP contribution in [-0.2, 0) is 4.79 Å². The van der Waals surface area contributed by atoms with Gasteiger partial charge < -0.3 is 10.2 Å². The Labute approximate surface area is 158 Å². The van der Waals surface area contributed by atoms with Gasteiger partial charge in [-0.2, -0.15) is 5.26 Å². The van der Waals surface area contributed by atoms with Crippen LogP contribution in [-0.4, -0.2) is 36.1 Å². The van der Waals surface area contributed by atoms with Crippen molar-refractivity contribution in [2.75, 3.05) is 19.6 Å². The molecule has 0 unspecified atom stereocenters. The maximum Gasteiger partial charge on any atom is 0.276 e. The maximum absolute atomic E-state index is 12.4. The molecule has 1 aliphatic carbocycles. The van der Waals surface area contributed by atoms with Gasteiger partial charge in [-0.1, -0.05) is 12.1 Å². The van der Waals surface area contributed by atoms with E-state index in [1.165, 1.54) is 14.6 Å². The lowest BCUT2D eigenvalue weighted by atomic mass is 9.96. The van der Waals surface area contributed by atoms with Gasteiger partial charge in [0.05, 0.1) is 34.4 Å². The fourth-order valence-electron chi connectivity index (χ4n) is 3.96. The molecule has 4 rings (SSSR count). The van der Waals surface area contributed by atoms with Crippen LogP contribution in [0.3, 0.4) is 0 Å². The number of carbonyl (C=O) groups is 1. The minimum atomic E-state index is -0.685. The van der Waals surface area contributed by atoms with Crippen molar-refractivity contribution in [1.29, 1.82) is 5.26 Å². The second-order valence-corrected chi connectivity index (χ2v) is 8.92. The Balaban J connectivity index is 1.31. The second-order valence-electron chi connectivity index (χ2n) is 7.86. The number of aromatic nitrogens is 1. The Bertz CT molecular complexity index is 812. The van der Waals surface area contributed by atoms with Crippen LogP contribution in [0.2, 0.25) is 0 Å². The molecule has 26 heavy (non-hydrogen) atoms. The second kappa shape index (κ2) is 6.98. The topological polar surface area (TPSA) is 70.2 Å². The van der Waals surface area contributed by atoms with Crippen LogP contribution < -0.4 is 10.2 Å². The molecule has 136 valence electrons. The van der Waals surface area contributed by atoms with E-state index in [9.17, 15) is 10.1 Å². The highest BCUT2D eigenvalue weighted by Gasteiger charge is 2.43. The number of nitrogens with one attached hydrogen (secondary N) is 2. The fraction of sp³-hybridized carbons (Fsp3) is 0.550. The number of piperidine rings is 1. The van der Waals surface area contributed by atoms with Gasteiger partial charge in [-0.25, -0.2) is 4.98 Å². The zero-order valence-corrected chi connectivity index (χ0v) is 15.9. The minimum absolute atomic E-state index is 0.00869. The van der Waals surface area contributed by atoms with E-state index >= 15 is 0 Å². The number of thiazole rings is 1. The van der Waals surface area contributed by atoms with Crippen LogP contribution in [0, 0.1) is 17.2 Å². The molecule has 0 radical (unpaired) electrons. The van der Waals surface area contributed by atoms with E-state index in [4.69, 9.17) is 4.98 Å². The van der Waals surface area contributed by atoms with E-state index < -0.39 is 5.54 Å². The molecule has 1 aromatic heterocycles. The van der Waals surface area contributed by atoms with Gasteiger partial charge in [-0.15, -0.1) is 11.3 Å². The lowest BCUT2D eigenvalue weighted by Gasteiger charge is -2.29. The molecule has 0 spiro atoms. The van der Waals surface area contributed by atoms with Crippen molar-refractivity contribution in [1.82, 2.24) is 10.3 Å². The van der Waals surface area contributed by atoms with Crippen molar-refractivity contribution in [2.45, 2.75) is 44.1 Å². The van der Waals surface area contributed by atoms with E-state index in [1.54, 1.807) is 11.3 Å². The van der Waals surface area contributed by atoms with E-state index in [0.29, 0.717) is 18.4 Å². The van der Waals surface area contributed by atoms with Gasteiger partial charge in [0, 0.05) is 18.8 Å². The third-order valence-electron chi connectivity index (χ3n) is 5.79. The van der Waals surface area contributed by atoms with Gasteiger partial charge in [-0.05, 0) is 37.8 Å². The molecule has 1 saturated heterocycles. The van der Waals surface area contributed by atoms with Gasteiger partial charge in [0.1, 0.15) is 5.54 Å². The standard InChI is InChI=1S/C20H24N4OS/c1-20(13-21,15-6-7-15)23-18(25)12-24-10-8-14(9-11-24)19-22-16-4-2-3-5-17(16)26-19/h2-5,14-15H,6-12H2,1H3,(H,23,25)/p+1/t20-/m1/s1. The highest BCUT2D eigenvalue weighted by molar-refractivity contribution is 7.18. The molecule has 2 fully saturated rings. The first kappa shape index (κ1) is 17.4. The first-order chi connectivity index (χ1) is 12.6. The van der Waals surface area contributed by atoms with Crippen LogP contribution in [0.25, 0.3) is 10.2 Å². The summed E-state index contributed by atoms with van der Waals surface area (Å²) in [6.45, 7) is 4.30. The first-order valence-electron chi connectivity index (χ1n) is 9.49. The monoisotopic (exact) mass is 369 g/mol. The zero-order chi connectivity index (χ0) is 18.1. The van der Waals surface area contributed by atoms with E-state index in [1.807, 2.05) is 13.0 Å². The number of benzene rings is 1. The summed E-state index contributed by atoms with van der Waals surface area (Å²) in [5, 5.41) is 13.6. The van der Waals surface area contributed by atoms with Crippen molar-refractivity contribution < 1.29 is 9.69 Å². The number of amides is 1. The molecule has 1 atom stereocenters. The smallest absolute Gasteiger partial charge is 0.276 e. The molecule has 1 amide bonds. The number of likely N-dealkylation sites (tertiary alicyclic amines) is 1. The summed E-state index contributed by atoms with van der Waals surface area (Å²) in [6, 6.07) is 10.6. The summed E-state index contributed by atoms with van der Waals surface area (Å²) >= 11 is 1.80. The SMILES string of the molecule is C[C@](C#N)(NC(=O)C[NH+]1CCC(c2nc3ccccc3s2)CC1)C1CC1. The summed E-state index contributed by atoms with van der Waals surface area (Å²) in [4.78, 5) is 18.5. The molecule has 1 aromatic carbocycles. The van der Waals surface area contributed by atoms with Gasteiger partial charge in [0.15, 0.2) is 6.54 Å². The molecule has 5 nitrogen and oxygen atoms in total. The predicted octanol–water partition coefficient (Wildman–Crippen LogP) is 1.87. The summed E-state index contributed by atoms with van der Waals surface area (Å²) in [7, 11) is 0. The van der Waals surface area contributed by atoms with Gasteiger partial charge in [-0.3, -0.25) is 4.79 Å². The normalized spacial score (nSPS) is 25.4. The van der Waals surface area contributed by atoms with Gasteiger partial charge in [0.2, 0.25) is 0 Å². The van der Waals surface area contributed by atoms with Crippen LogP contribution in [0.5, 0.6) is 0 Å². The number of quaternary nitrogens is 1. The van der Waals surface area contributed by atoms with E-state index in [-0.39, 0.29) is 5.91 Å². The van der Waals surface area contributed by atoms with E-state index in [2.05, 4.69) is 29.6 Å². The van der Waals surface area contributed by atoms with Crippen molar-refractivity contribution in [2.24, 2.45) is 5.92 Å². The minimum Gasteiger partial charge on any atom is -0.333 e. The number of nitriles is 1. The molecule has 2 heterocycles. The number of nitrogens with zero attached hydrogens (tertiary/aromatic N) is 2. The van der Waals surface area contributed by atoms with Gasteiger partial charge in [0.25, 0.3) is 5.91 Å². The maximum atomic E-state index is 12.4. The molecule has 1 aliphatic heterocycles. The Kier molecular flexibility index (Phi) is 4.68. The molecule has 6 heteroatoms. The van der Waals surface area contributed by atoms with Crippen molar-refractivity contribution in [3.8, 4) is 6.07 Å². The average Bonchev–Trinajstić information content (AvgIpc) is 3.42. The number of fused-ring (bicyclic) bond motifs is 1. The average molecular weight is 370 g/mol. The Morgan fingerprint density at radius 2 is 2.08 bits per heavy atom. The molecule has 2 aliphatic rings. The molecular formula is C20H25N4OS+. The van der Waals surface area contributed by atoms with Crippen molar-refractivity contribution >= 4 is 27.5 Å². The van der Waals surface area contributed by atoms with Crippen LogP contribution in [0.15, 0.2) is 24.3 Å². The molecular weight excluding hydrogens is 344 g/mol. The quantitative estimate of drug-likeness (QED) is 0.845. The van der Waals surface area contributed by atoms with Crippen LogP contribution in [0.4, 0.5) is 0 Å². The van der Waals surface area contributed by atoms with Crippen LogP contribution >= 0.6 is 11.3 Å². The Morgan fingerprint density at radius 3 is 2.73 bits per heavy atom. The molecule has 2 N–H and O–H groups in total. The highest BCUT2D eigenvalue weighted by Crippen LogP contribution is 2.39. The number of hydrogen-bond donors (Lipinski definition) is 2. The first-order valence-corrected chi connectivity index (χ1v) is 10.3. The largest absolute Gasteiger partial charge is 0.333 e.